The van der Waals surface area contributed by atoms with Gasteiger partial charge in [0.05, 0.1) is 47.2 Å². The lowest BCUT2D eigenvalue weighted by Gasteiger charge is -2.33. The van der Waals surface area contributed by atoms with Crippen molar-refractivity contribution in [1.29, 1.82) is 0 Å². The van der Waals surface area contributed by atoms with E-state index in [2.05, 4.69) is 13.8 Å². The third-order valence-electron chi connectivity index (χ3n) is 6.72. The van der Waals surface area contributed by atoms with Crippen LogP contribution in [0, 0.1) is 5.21 Å². The molecule has 5 heteroatoms. The van der Waals surface area contributed by atoms with Gasteiger partial charge in [-0.1, -0.05) is 117 Å². The molecule has 0 aromatic rings. The molecule has 5 nitrogen and oxygen atoms in total. The fraction of sp³-hybridized carbons (Fsp3) is 0.967. The summed E-state index contributed by atoms with van der Waals surface area (Å²) in [6.45, 7) is 6.34. The number of hydrogen-bond acceptors (Lipinski definition) is 3. The maximum atomic E-state index is 11.3. The molecule has 0 aliphatic carbocycles. The summed E-state index contributed by atoms with van der Waals surface area (Å²) in [4.78, 5) is 10.6. The van der Waals surface area contributed by atoms with E-state index in [0.29, 0.717) is 4.48 Å². The van der Waals surface area contributed by atoms with Gasteiger partial charge in [-0.2, -0.15) is 0 Å². The molecular formula is C30H64N2O3. The second kappa shape index (κ2) is 25.0. The van der Waals surface area contributed by atoms with Gasteiger partial charge < -0.3 is 24.2 Å². The Morgan fingerprint density at radius 3 is 1.09 bits per heavy atom. The lowest BCUT2D eigenvalue weighted by molar-refractivity contribution is -0.885. The molecule has 0 bridgehead atoms. The number of carboxylic acids is 1. The van der Waals surface area contributed by atoms with Crippen molar-refractivity contribution in [2.75, 3.05) is 47.8 Å². The summed E-state index contributed by atoms with van der Waals surface area (Å²) in [5, 5.41) is 21.8. The van der Waals surface area contributed by atoms with Crippen molar-refractivity contribution in [3.63, 3.8) is 0 Å². The van der Waals surface area contributed by atoms with Gasteiger partial charge in [0.2, 0.25) is 0 Å². The molecule has 212 valence electrons. The van der Waals surface area contributed by atoms with Crippen LogP contribution in [0.5, 0.6) is 0 Å². The molecule has 0 fully saturated rings. The lowest BCUT2D eigenvalue weighted by Crippen LogP contribution is -2.48. The molecule has 0 aliphatic rings. The summed E-state index contributed by atoms with van der Waals surface area (Å²) in [6, 6.07) is 0. The predicted molar refractivity (Wildman–Crippen MR) is 151 cm³/mol. The van der Waals surface area contributed by atoms with Gasteiger partial charge in [0.25, 0.3) is 0 Å². The van der Waals surface area contributed by atoms with Crippen LogP contribution in [-0.2, 0) is 4.79 Å². The van der Waals surface area contributed by atoms with E-state index in [0.717, 1.165) is 25.9 Å². The summed E-state index contributed by atoms with van der Waals surface area (Å²) in [5.74, 6) is -0.947. The Kier molecular flexibility index (Phi) is 26.1. The van der Waals surface area contributed by atoms with E-state index in [-0.39, 0.29) is 11.2 Å². The second-order valence-corrected chi connectivity index (χ2v) is 11.9. The number of carboxylic acid groups (broad SMARTS) is 1. The Labute approximate surface area is 220 Å². The monoisotopic (exact) mass is 500 g/mol. The smallest absolute Gasteiger partial charge is 0.119 e. The van der Waals surface area contributed by atoms with Gasteiger partial charge in [-0.05, 0) is 25.7 Å². The number of likely N-dealkylation sites (N-methyl/N-ethyl adjacent to an activating group) is 1. The van der Waals surface area contributed by atoms with Gasteiger partial charge in [-0.25, -0.2) is 0 Å². The van der Waals surface area contributed by atoms with Crippen LogP contribution in [0.1, 0.15) is 142 Å². The summed E-state index contributed by atoms with van der Waals surface area (Å²) in [7, 11) is 7.38. The Hall–Kier alpha value is -0.650. The van der Waals surface area contributed by atoms with Crippen LogP contribution in [0.3, 0.4) is 0 Å². The molecule has 0 spiro atoms. The number of rotatable bonds is 24. The quantitative estimate of drug-likeness (QED) is 0.0798. The maximum absolute atomic E-state index is 11.3. The van der Waals surface area contributed by atoms with Gasteiger partial charge in [-0.3, -0.25) is 0 Å². The van der Waals surface area contributed by atoms with E-state index in [1.807, 2.05) is 14.1 Å². The highest BCUT2D eigenvalue weighted by Crippen LogP contribution is 2.12. The van der Waals surface area contributed by atoms with Crippen LogP contribution in [0.25, 0.3) is 0 Å². The van der Waals surface area contributed by atoms with E-state index >= 15 is 0 Å². The van der Waals surface area contributed by atoms with E-state index in [4.69, 9.17) is 0 Å². The maximum Gasteiger partial charge on any atom is 0.119 e. The van der Waals surface area contributed by atoms with Gasteiger partial charge in [0.15, 0.2) is 0 Å². The summed E-state index contributed by atoms with van der Waals surface area (Å²) >= 11 is 0. The third kappa shape index (κ3) is 35.6. The highest BCUT2D eigenvalue weighted by molar-refractivity contribution is 5.65. The largest absolute Gasteiger partial charge is 0.633 e. The van der Waals surface area contributed by atoms with Crippen LogP contribution < -0.4 is 5.11 Å². The number of carbonyl (C=O) groups excluding carboxylic acids is 1. The average Bonchev–Trinajstić information content (AvgIpc) is 2.75. The highest BCUT2D eigenvalue weighted by Gasteiger charge is 2.14. The minimum atomic E-state index is -0.947. The minimum absolute atomic E-state index is 0.122. The number of nitrogens with zero attached hydrogens (tertiary/aromatic N) is 2. The topological polar surface area (TPSA) is 63.2 Å². The zero-order valence-electron chi connectivity index (χ0n) is 24.9. The second-order valence-electron chi connectivity index (χ2n) is 11.9. The Morgan fingerprint density at radius 1 is 0.514 bits per heavy atom. The summed E-state index contributed by atoms with van der Waals surface area (Å²) in [5.41, 5.74) is 0. The first kappa shape index (κ1) is 36.5. The molecule has 0 saturated heterocycles. The van der Waals surface area contributed by atoms with Crippen molar-refractivity contribution in [2.24, 2.45) is 0 Å². The van der Waals surface area contributed by atoms with E-state index in [1.165, 1.54) is 116 Å². The number of aliphatic carboxylic acids is 1. The molecule has 0 unspecified atom stereocenters. The lowest BCUT2D eigenvalue weighted by atomic mass is 10.1. The standard InChI is InChI=1S/C16H33NO2.C14H31NO/c1-4-5-6-7-8-9-10-11-12-13-14-17(2,3)15-16(18)19;1-4-5-6-7-8-9-10-11-12-13-14-15(2,3)16/h4-15H2,1-3H3;4-14H2,1-3H3. The van der Waals surface area contributed by atoms with Crippen LogP contribution in [0.4, 0.5) is 0 Å². The highest BCUT2D eigenvalue weighted by atomic mass is 16.5. The predicted octanol–water partition coefficient (Wildman–Crippen LogP) is 7.22. The van der Waals surface area contributed by atoms with E-state index < -0.39 is 5.97 Å². The number of unbranched alkanes of at least 4 members (excludes halogenated alkanes) is 18. The molecule has 0 radical (unpaired) electrons. The Balaban J connectivity index is 0. The summed E-state index contributed by atoms with van der Waals surface area (Å²) < 4.78 is 0.413. The zero-order chi connectivity index (χ0) is 26.8. The van der Waals surface area contributed by atoms with Crippen LogP contribution in [0.15, 0.2) is 0 Å². The SMILES string of the molecule is CCCCCCCCCCCC[N+](C)(C)CC(=O)[O-].CCCCCCCCCCCC[N+](C)(C)[O-]. The number of hydrogen-bond donors (Lipinski definition) is 0. The van der Waals surface area contributed by atoms with Gasteiger partial charge >= 0.3 is 0 Å². The molecule has 0 aliphatic heterocycles. The van der Waals surface area contributed by atoms with Crippen molar-refractivity contribution in [3.05, 3.63) is 5.21 Å². The van der Waals surface area contributed by atoms with Crippen molar-refractivity contribution >= 4 is 5.97 Å². The van der Waals surface area contributed by atoms with Gasteiger partial charge in [0.1, 0.15) is 6.54 Å². The van der Waals surface area contributed by atoms with Crippen molar-refractivity contribution in [3.8, 4) is 0 Å². The molecule has 0 atom stereocenters. The van der Waals surface area contributed by atoms with Crippen LogP contribution in [0.2, 0.25) is 0 Å². The number of hydroxylamine groups is 3. The first-order chi connectivity index (χ1) is 16.5. The zero-order valence-corrected chi connectivity index (χ0v) is 24.9. The van der Waals surface area contributed by atoms with Crippen molar-refractivity contribution < 1.29 is 19.0 Å². The third-order valence-corrected chi connectivity index (χ3v) is 6.72. The molecular weight excluding hydrogens is 436 g/mol. The number of carbonyl (C=O) groups is 1. The first-order valence-corrected chi connectivity index (χ1v) is 15.1. The van der Waals surface area contributed by atoms with E-state index in [1.54, 1.807) is 14.1 Å². The summed E-state index contributed by atoms with van der Waals surface area (Å²) in [6.07, 6.45) is 26.6. The Morgan fingerprint density at radius 2 is 0.800 bits per heavy atom. The molecule has 0 N–H and O–H groups in total. The fourth-order valence-electron chi connectivity index (χ4n) is 4.44. The molecule has 0 rings (SSSR count). The Bertz CT molecular complexity index is 447. The molecule has 0 aromatic heterocycles. The number of quaternary nitrogens is 2. The first-order valence-electron chi connectivity index (χ1n) is 15.1. The average molecular weight is 501 g/mol. The van der Waals surface area contributed by atoms with Crippen LogP contribution >= 0.6 is 0 Å². The molecule has 0 aromatic carbocycles. The van der Waals surface area contributed by atoms with Crippen LogP contribution in [-0.4, -0.2) is 62.9 Å². The van der Waals surface area contributed by atoms with Gasteiger partial charge in [0, 0.05) is 0 Å². The molecule has 35 heavy (non-hydrogen) atoms. The van der Waals surface area contributed by atoms with E-state index in [9.17, 15) is 15.1 Å². The molecule has 0 heterocycles. The van der Waals surface area contributed by atoms with Crippen molar-refractivity contribution in [2.45, 2.75) is 142 Å². The normalized spacial score (nSPS) is 11.9. The molecule has 0 amide bonds. The minimum Gasteiger partial charge on any atom is -0.633 e. The van der Waals surface area contributed by atoms with Gasteiger partial charge in [-0.15, -0.1) is 0 Å². The van der Waals surface area contributed by atoms with Crippen molar-refractivity contribution in [1.82, 2.24) is 0 Å². The molecule has 0 saturated carbocycles. The fourth-order valence-corrected chi connectivity index (χ4v) is 4.44.